The largest absolute Gasteiger partial charge is 0.351 e. The quantitative estimate of drug-likeness (QED) is 0.715. The number of benzene rings is 2. The second-order valence-corrected chi connectivity index (χ2v) is 6.43. The van der Waals surface area contributed by atoms with Crippen LogP contribution < -0.4 is 16.4 Å². The van der Waals surface area contributed by atoms with Crippen LogP contribution in [0.25, 0.3) is 0 Å². The lowest BCUT2D eigenvalue weighted by Gasteiger charge is -2.21. The van der Waals surface area contributed by atoms with Gasteiger partial charge >= 0.3 is 6.03 Å². The Labute approximate surface area is 144 Å². The van der Waals surface area contributed by atoms with E-state index < -0.39 is 6.03 Å². The Balaban J connectivity index is 1.84. The predicted molar refractivity (Wildman–Crippen MR) is 100 cm³/mol. The number of nitrogens with one attached hydrogen (secondary N) is 2. The molecule has 0 fully saturated rings. The van der Waals surface area contributed by atoms with Gasteiger partial charge in [-0.1, -0.05) is 42.0 Å². The molecule has 0 aliphatic heterocycles. The zero-order valence-electron chi connectivity index (χ0n) is 14.7. The van der Waals surface area contributed by atoms with E-state index in [0.29, 0.717) is 11.7 Å². The van der Waals surface area contributed by atoms with Gasteiger partial charge < -0.3 is 16.4 Å². The summed E-state index contributed by atoms with van der Waals surface area (Å²) in [6, 6.07) is 16.6. The van der Waals surface area contributed by atoms with Crippen molar-refractivity contribution < 1.29 is 4.79 Å². The van der Waals surface area contributed by atoms with Gasteiger partial charge in [-0.15, -0.1) is 0 Å². The number of nitrogens with two attached hydrogens (primary N) is 1. The minimum absolute atomic E-state index is 0.250. The number of urea groups is 1. The molecule has 2 rings (SSSR count). The molecular formula is C20H27N3O. The van der Waals surface area contributed by atoms with E-state index in [1.54, 1.807) is 0 Å². The number of carbonyl (C=O) groups is 1. The number of carbonyl (C=O) groups excluding carboxylic acids is 1. The zero-order valence-corrected chi connectivity index (χ0v) is 14.7. The smallest absolute Gasteiger partial charge is 0.316 e. The highest BCUT2D eigenvalue weighted by atomic mass is 16.2. The third-order valence-electron chi connectivity index (χ3n) is 4.16. The van der Waals surface area contributed by atoms with Crippen molar-refractivity contribution in [3.8, 4) is 0 Å². The Kier molecular flexibility index (Phi) is 6.38. The van der Waals surface area contributed by atoms with Crippen molar-refractivity contribution in [1.82, 2.24) is 5.32 Å². The maximum Gasteiger partial charge on any atom is 0.316 e. The molecule has 0 aliphatic carbocycles. The first-order valence-corrected chi connectivity index (χ1v) is 8.42. The zero-order chi connectivity index (χ0) is 17.5. The van der Waals surface area contributed by atoms with Gasteiger partial charge in [0.2, 0.25) is 0 Å². The molecule has 24 heavy (non-hydrogen) atoms. The van der Waals surface area contributed by atoms with Crippen LogP contribution in [0.2, 0.25) is 0 Å². The molecule has 4 N–H and O–H groups in total. The van der Waals surface area contributed by atoms with Gasteiger partial charge in [-0.05, 0) is 56.9 Å². The Hall–Kier alpha value is -2.33. The number of anilines is 1. The monoisotopic (exact) mass is 325 g/mol. The minimum atomic E-state index is -0.543. The van der Waals surface area contributed by atoms with Gasteiger partial charge in [0.25, 0.3) is 0 Å². The lowest BCUT2D eigenvalue weighted by molar-refractivity contribution is 0.259. The summed E-state index contributed by atoms with van der Waals surface area (Å²) in [4.78, 5) is 10.8. The topological polar surface area (TPSA) is 67.2 Å². The molecule has 128 valence electrons. The van der Waals surface area contributed by atoms with Crippen LogP contribution >= 0.6 is 0 Å². The first-order valence-electron chi connectivity index (χ1n) is 8.42. The van der Waals surface area contributed by atoms with Crippen LogP contribution in [0.1, 0.15) is 43.0 Å². The minimum Gasteiger partial charge on any atom is -0.351 e. The highest BCUT2D eigenvalue weighted by Crippen LogP contribution is 2.17. The van der Waals surface area contributed by atoms with Gasteiger partial charge in [0.05, 0.1) is 0 Å². The highest BCUT2D eigenvalue weighted by molar-refractivity contribution is 5.87. The van der Waals surface area contributed by atoms with Gasteiger partial charge in [-0.25, -0.2) is 4.79 Å². The summed E-state index contributed by atoms with van der Waals surface area (Å²) in [6.07, 6.45) is 2.17. The molecule has 2 unspecified atom stereocenters. The third kappa shape index (κ3) is 5.70. The second-order valence-electron chi connectivity index (χ2n) is 6.43. The fourth-order valence-corrected chi connectivity index (χ4v) is 2.85. The lowest BCUT2D eigenvalue weighted by Crippen LogP contribution is -2.29. The van der Waals surface area contributed by atoms with Crippen LogP contribution in [0, 0.1) is 6.92 Å². The number of hydrogen-bond acceptors (Lipinski definition) is 2. The van der Waals surface area contributed by atoms with E-state index in [0.717, 1.165) is 12.8 Å². The molecule has 0 radical (unpaired) electrons. The first-order chi connectivity index (χ1) is 11.4. The van der Waals surface area contributed by atoms with E-state index in [4.69, 9.17) is 5.73 Å². The van der Waals surface area contributed by atoms with Crippen molar-refractivity contribution in [1.29, 1.82) is 0 Å². The Morgan fingerprint density at radius 1 is 1.12 bits per heavy atom. The molecule has 0 heterocycles. The van der Waals surface area contributed by atoms with Crippen molar-refractivity contribution in [3.05, 3.63) is 65.2 Å². The number of hydrogen-bond donors (Lipinski definition) is 3. The fourth-order valence-electron chi connectivity index (χ4n) is 2.85. The van der Waals surface area contributed by atoms with Crippen molar-refractivity contribution >= 4 is 11.7 Å². The van der Waals surface area contributed by atoms with Crippen molar-refractivity contribution in [2.24, 2.45) is 5.73 Å². The average molecular weight is 325 g/mol. The number of amides is 2. The summed E-state index contributed by atoms with van der Waals surface area (Å²) >= 11 is 0. The first kappa shape index (κ1) is 18.0. The van der Waals surface area contributed by atoms with Crippen molar-refractivity contribution in [2.45, 2.75) is 45.7 Å². The van der Waals surface area contributed by atoms with E-state index >= 15 is 0 Å². The van der Waals surface area contributed by atoms with E-state index in [1.807, 2.05) is 24.3 Å². The van der Waals surface area contributed by atoms with Gasteiger partial charge in [0.15, 0.2) is 0 Å². The average Bonchev–Trinajstić information content (AvgIpc) is 2.53. The molecule has 0 aromatic heterocycles. The standard InChI is InChI=1S/C20H27N3O/c1-14-5-4-6-17(13-14)8-7-15(2)22-16(3)18-9-11-19(12-10-18)23-20(21)24/h4-6,9-13,15-16,22H,7-8H2,1-3H3,(H3,21,23,24). The summed E-state index contributed by atoms with van der Waals surface area (Å²) in [6.45, 7) is 6.50. The molecule has 2 aromatic carbocycles. The van der Waals surface area contributed by atoms with Crippen molar-refractivity contribution in [2.75, 3.05) is 5.32 Å². The van der Waals surface area contributed by atoms with Crippen LogP contribution in [0.5, 0.6) is 0 Å². The van der Waals surface area contributed by atoms with Gasteiger partial charge in [-0.3, -0.25) is 0 Å². The molecule has 0 saturated carbocycles. The van der Waals surface area contributed by atoms with Crippen LogP contribution in [-0.2, 0) is 6.42 Å². The number of aryl methyl sites for hydroxylation is 2. The summed E-state index contributed by atoms with van der Waals surface area (Å²) in [5.41, 5.74) is 9.72. The van der Waals surface area contributed by atoms with E-state index in [1.165, 1.54) is 16.7 Å². The van der Waals surface area contributed by atoms with Crippen LogP contribution in [0.15, 0.2) is 48.5 Å². The molecular weight excluding hydrogens is 298 g/mol. The molecule has 2 atom stereocenters. The van der Waals surface area contributed by atoms with Crippen molar-refractivity contribution in [3.63, 3.8) is 0 Å². The van der Waals surface area contributed by atoms with Crippen LogP contribution in [0.4, 0.5) is 10.5 Å². The Morgan fingerprint density at radius 2 is 1.83 bits per heavy atom. The summed E-state index contributed by atoms with van der Waals surface area (Å²) < 4.78 is 0. The van der Waals surface area contributed by atoms with E-state index in [-0.39, 0.29) is 6.04 Å². The molecule has 0 aliphatic rings. The molecule has 0 saturated heterocycles. The number of rotatable bonds is 7. The molecule has 2 aromatic rings. The SMILES string of the molecule is Cc1cccc(CCC(C)NC(C)c2ccc(NC(N)=O)cc2)c1. The van der Waals surface area contributed by atoms with E-state index in [9.17, 15) is 4.79 Å². The third-order valence-corrected chi connectivity index (χ3v) is 4.16. The Bertz CT molecular complexity index is 667. The molecule has 0 spiro atoms. The normalized spacial score (nSPS) is 13.3. The molecule has 4 nitrogen and oxygen atoms in total. The molecule has 4 heteroatoms. The van der Waals surface area contributed by atoms with Gasteiger partial charge in [0, 0.05) is 17.8 Å². The number of primary amides is 1. The summed E-state index contributed by atoms with van der Waals surface area (Å²) in [7, 11) is 0. The van der Waals surface area contributed by atoms with Gasteiger partial charge in [-0.2, -0.15) is 0 Å². The summed E-state index contributed by atoms with van der Waals surface area (Å²) in [5.74, 6) is 0. The van der Waals surface area contributed by atoms with E-state index in [2.05, 4.69) is 55.7 Å². The molecule has 2 amide bonds. The maximum atomic E-state index is 10.8. The van der Waals surface area contributed by atoms with Crippen LogP contribution in [0.3, 0.4) is 0 Å². The fraction of sp³-hybridized carbons (Fsp3) is 0.350. The predicted octanol–water partition coefficient (Wildman–Crippen LogP) is 4.16. The Morgan fingerprint density at radius 3 is 2.46 bits per heavy atom. The van der Waals surface area contributed by atoms with Gasteiger partial charge in [0.1, 0.15) is 0 Å². The summed E-state index contributed by atoms with van der Waals surface area (Å²) in [5, 5.41) is 6.20. The van der Waals surface area contributed by atoms with Crippen LogP contribution in [-0.4, -0.2) is 12.1 Å². The lowest BCUT2D eigenvalue weighted by atomic mass is 10.0. The highest BCUT2D eigenvalue weighted by Gasteiger charge is 2.10. The molecule has 0 bridgehead atoms. The second kappa shape index (κ2) is 8.50. The maximum absolute atomic E-state index is 10.8.